The second-order valence-corrected chi connectivity index (χ2v) is 6.22. The van der Waals surface area contributed by atoms with Crippen molar-refractivity contribution in [3.63, 3.8) is 0 Å². The van der Waals surface area contributed by atoms with Gasteiger partial charge in [0.05, 0.1) is 7.11 Å². The van der Waals surface area contributed by atoms with E-state index < -0.39 is 0 Å². The minimum absolute atomic E-state index is 0.0107. The number of ether oxygens (including phenoxy) is 1. The predicted molar refractivity (Wildman–Crippen MR) is 103 cm³/mol. The van der Waals surface area contributed by atoms with Crippen molar-refractivity contribution in [3.8, 4) is 17.6 Å². The lowest BCUT2D eigenvalue weighted by atomic mass is 10.1. The topological polar surface area (TPSA) is 76.8 Å². The summed E-state index contributed by atoms with van der Waals surface area (Å²) in [6, 6.07) is 16.8. The quantitative estimate of drug-likeness (QED) is 0.668. The third-order valence-electron chi connectivity index (χ3n) is 4.55. The number of hydrogen-bond donors (Lipinski definition) is 1. The van der Waals surface area contributed by atoms with E-state index in [4.69, 9.17) is 4.74 Å². The highest BCUT2D eigenvalue weighted by Crippen LogP contribution is 2.27. The molecule has 1 saturated heterocycles. The van der Waals surface area contributed by atoms with Crippen LogP contribution in [0.3, 0.4) is 0 Å². The molecule has 1 aliphatic rings. The van der Waals surface area contributed by atoms with E-state index >= 15 is 0 Å². The van der Waals surface area contributed by atoms with Gasteiger partial charge in [0.15, 0.2) is 11.5 Å². The van der Waals surface area contributed by atoms with E-state index in [9.17, 15) is 15.2 Å². The van der Waals surface area contributed by atoms with Gasteiger partial charge in [0, 0.05) is 31.9 Å². The molecule has 27 heavy (non-hydrogen) atoms. The first-order valence-corrected chi connectivity index (χ1v) is 8.70. The second kappa shape index (κ2) is 8.28. The molecule has 6 heteroatoms. The number of aromatic hydroxyl groups is 1. The van der Waals surface area contributed by atoms with Gasteiger partial charge in [-0.3, -0.25) is 4.79 Å². The minimum atomic E-state index is -0.280. The number of amides is 1. The Bertz CT molecular complexity index is 879. The van der Waals surface area contributed by atoms with Crippen LogP contribution in [0.4, 0.5) is 5.69 Å². The van der Waals surface area contributed by atoms with Crippen LogP contribution in [0.2, 0.25) is 0 Å². The number of nitrogens with zero attached hydrogens (tertiary/aromatic N) is 3. The van der Waals surface area contributed by atoms with E-state index in [2.05, 4.69) is 17.0 Å². The summed E-state index contributed by atoms with van der Waals surface area (Å²) in [5.41, 5.74) is 1.82. The number of para-hydroxylation sites is 1. The Morgan fingerprint density at radius 3 is 2.48 bits per heavy atom. The van der Waals surface area contributed by atoms with E-state index in [1.54, 1.807) is 17.0 Å². The molecular formula is C21H21N3O3. The van der Waals surface area contributed by atoms with Crippen LogP contribution < -0.4 is 9.64 Å². The highest BCUT2D eigenvalue weighted by atomic mass is 16.5. The lowest BCUT2D eigenvalue weighted by Crippen LogP contribution is -2.49. The smallest absolute Gasteiger partial charge is 0.264 e. The number of phenolic OH excluding ortho intramolecular Hbond substituents is 1. The van der Waals surface area contributed by atoms with Gasteiger partial charge >= 0.3 is 0 Å². The number of carbonyl (C=O) groups excluding carboxylic acids is 1. The van der Waals surface area contributed by atoms with Crippen LogP contribution in [0.25, 0.3) is 6.08 Å². The van der Waals surface area contributed by atoms with Crippen LogP contribution in [0.1, 0.15) is 5.56 Å². The van der Waals surface area contributed by atoms with Crippen LogP contribution in [0, 0.1) is 11.3 Å². The number of rotatable bonds is 4. The summed E-state index contributed by atoms with van der Waals surface area (Å²) in [7, 11) is 1.45. The Labute approximate surface area is 158 Å². The molecule has 0 spiro atoms. The zero-order valence-corrected chi connectivity index (χ0v) is 15.1. The van der Waals surface area contributed by atoms with Crippen LogP contribution in [-0.2, 0) is 4.79 Å². The number of methoxy groups -OCH3 is 1. The average Bonchev–Trinajstić information content (AvgIpc) is 2.73. The first kappa shape index (κ1) is 18.3. The molecule has 1 aliphatic heterocycles. The predicted octanol–water partition coefficient (Wildman–Crippen LogP) is 2.66. The lowest BCUT2D eigenvalue weighted by Gasteiger charge is -2.36. The fraction of sp³-hybridized carbons (Fsp3) is 0.238. The van der Waals surface area contributed by atoms with Crippen LogP contribution in [0.15, 0.2) is 54.1 Å². The SMILES string of the molecule is COc1cc(C=C(C#N)C(=O)N2CCN(c3ccccc3)CC2)ccc1O. The third-order valence-corrected chi connectivity index (χ3v) is 4.55. The maximum Gasteiger partial charge on any atom is 0.264 e. The standard InChI is InChI=1S/C21H21N3O3/c1-27-20-14-16(7-8-19(20)25)13-17(15-22)21(26)24-11-9-23(10-12-24)18-5-3-2-4-6-18/h2-8,13-14,25H,9-12H2,1H3. The normalized spacial score (nSPS) is 14.6. The summed E-state index contributed by atoms with van der Waals surface area (Å²) < 4.78 is 5.07. The molecular weight excluding hydrogens is 342 g/mol. The summed E-state index contributed by atoms with van der Waals surface area (Å²) in [5, 5.41) is 19.1. The van der Waals surface area contributed by atoms with Crippen LogP contribution >= 0.6 is 0 Å². The number of carbonyl (C=O) groups is 1. The molecule has 1 amide bonds. The molecule has 1 heterocycles. The molecule has 6 nitrogen and oxygen atoms in total. The number of benzene rings is 2. The fourth-order valence-electron chi connectivity index (χ4n) is 3.07. The zero-order valence-electron chi connectivity index (χ0n) is 15.1. The van der Waals surface area contributed by atoms with Crippen molar-refractivity contribution in [1.29, 1.82) is 5.26 Å². The second-order valence-electron chi connectivity index (χ2n) is 6.22. The van der Waals surface area contributed by atoms with Crippen molar-refractivity contribution in [1.82, 2.24) is 4.90 Å². The van der Waals surface area contributed by atoms with Crippen molar-refractivity contribution >= 4 is 17.7 Å². The van der Waals surface area contributed by atoms with Crippen molar-refractivity contribution in [2.75, 3.05) is 38.2 Å². The third kappa shape index (κ3) is 4.21. The van der Waals surface area contributed by atoms with Gasteiger partial charge in [-0.05, 0) is 35.9 Å². The molecule has 0 bridgehead atoms. The molecule has 138 valence electrons. The van der Waals surface area contributed by atoms with E-state index in [1.807, 2.05) is 24.3 Å². The molecule has 1 N–H and O–H groups in total. The van der Waals surface area contributed by atoms with Gasteiger partial charge in [-0.2, -0.15) is 5.26 Å². The van der Waals surface area contributed by atoms with Crippen LogP contribution in [-0.4, -0.2) is 49.2 Å². The Morgan fingerprint density at radius 2 is 1.85 bits per heavy atom. The minimum Gasteiger partial charge on any atom is -0.504 e. The van der Waals surface area contributed by atoms with E-state index in [0.717, 1.165) is 18.8 Å². The highest BCUT2D eigenvalue weighted by Gasteiger charge is 2.23. The van der Waals surface area contributed by atoms with Crippen molar-refractivity contribution < 1.29 is 14.6 Å². The number of anilines is 1. The van der Waals surface area contributed by atoms with Gasteiger partial charge in [0.25, 0.3) is 5.91 Å². The number of hydrogen-bond acceptors (Lipinski definition) is 5. The molecule has 2 aromatic rings. The Hall–Kier alpha value is -3.46. The van der Waals surface area contributed by atoms with E-state index in [-0.39, 0.29) is 17.2 Å². The number of nitriles is 1. The van der Waals surface area contributed by atoms with Crippen molar-refractivity contribution in [3.05, 3.63) is 59.7 Å². The molecule has 1 fully saturated rings. The molecule has 0 saturated carbocycles. The van der Waals surface area contributed by atoms with Crippen molar-refractivity contribution in [2.45, 2.75) is 0 Å². The first-order chi connectivity index (χ1) is 13.1. The summed E-state index contributed by atoms with van der Waals surface area (Å²) in [6.07, 6.45) is 1.52. The van der Waals surface area contributed by atoms with Gasteiger partial charge in [0.2, 0.25) is 0 Å². The van der Waals surface area contributed by atoms with Gasteiger partial charge < -0.3 is 19.6 Å². The van der Waals surface area contributed by atoms with Crippen molar-refractivity contribution in [2.24, 2.45) is 0 Å². The molecule has 3 rings (SSSR count). The highest BCUT2D eigenvalue weighted by molar-refractivity contribution is 6.01. The Morgan fingerprint density at radius 1 is 1.15 bits per heavy atom. The first-order valence-electron chi connectivity index (χ1n) is 8.70. The zero-order chi connectivity index (χ0) is 19.2. The summed E-state index contributed by atoms with van der Waals surface area (Å²) >= 11 is 0. The summed E-state index contributed by atoms with van der Waals surface area (Å²) in [6.45, 7) is 2.57. The molecule has 0 aliphatic carbocycles. The monoisotopic (exact) mass is 363 g/mol. The Balaban J connectivity index is 1.70. The molecule has 0 aromatic heterocycles. The van der Waals surface area contributed by atoms with Crippen LogP contribution in [0.5, 0.6) is 11.5 Å². The fourth-order valence-corrected chi connectivity index (χ4v) is 3.07. The largest absolute Gasteiger partial charge is 0.504 e. The van der Waals surface area contributed by atoms with Gasteiger partial charge in [0.1, 0.15) is 11.6 Å². The molecule has 0 radical (unpaired) electrons. The van der Waals surface area contributed by atoms with E-state index in [0.29, 0.717) is 24.4 Å². The lowest BCUT2D eigenvalue weighted by molar-refractivity contribution is -0.126. The average molecular weight is 363 g/mol. The summed E-state index contributed by atoms with van der Waals surface area (Å²) in [4.78, 5) is 16.7. The van der Waals surface area contributed by atoms with Gasteiger partial charge in [-0.1, -0.05) is 24.3 Å². The molecule has 0 atom stereocenters. The number of piperazine rings is 1. The molecule has 0 unspecified atom stereocenters. The summed E-state index contributed by atoms with van der Waals surface area (Å²) in [5.74, 6) is 0.0266. The van der Waals surface area contributed by atoms with Gasteiger partial charge in [-0.15, -0.1) is 0 Å². The van der Waals surface area contributed by atoms with E-state index in [1.165, 1.54) is 19.3 Å². The number of phenols is 1. The maximum atomic E-state index is 12.7. The molecule has 2 aromatic carbocycles. The maximum absolute atomic E-state index is 12.7. The Kier molecular flexibility index (Phi) is 5.62. The van der Waals surface area contributed by atoms with Gasteiger partial charge in [-0.25, -0.2) is 0 Å².